The number of ether oxygens (including phenoxy) is 3. The molecule has 17 heavy (non-hydrogen) atoms. The number of hydrogen-bond acceptors (Lipinski definition) is 5. The lowest BCUT2D eigenvalue weighted by atomic mass is 10.0. The second-order valence-corrected chi connectivity index (χ2v) is 3.79. The van der Waals surface area contributed by atoms with Crippen LogP contribution in [0.4, 0.5) is 0 Å². The summed E-state index contributed by atoms with van der Waals surface area (Å²) in [6.07, 6.45) is 0.149. The quantitative estimate of drug-likeness (QED) is 0.795. The molecule has 92 valence electrons. The van der Waals surface area contributed by atoms with Crippen molar-refractivity contribution < 1.29 is 19.0 Å². The molecule has 1 atom stereocenters. The average Bonchev–Trinajstić information content (AvgIpc) is 2.38. The monoisotopic (exact) mass is 237 g/mol. The summed E-state index contributed by atoms with van der Waals surface area (Å²) in [5, 5.41) is 0. The lowest BCUT2D eigenvalue weighted by Gasteiger charge is -2.20. The Morgan fingerprint density at radius 3 is 2.82 bits per heavy atom. The summed E-state index contributed by atoms with van der Waals surface area (Å²) in [6, 6.07) is 5.06. The van der Waals surface area contributed by atoms with Gasteiger partial charge in [-0.25, -0.2) is 0 Å². The molecule has 0 saturated carbocycles. The number of fused-ring (bicyclic) bond motifs is 1. The molecule has 1 heterocycles. The molecule has 1 aromatic carbocycles. The van der Waals surface area contributed by atoms with E-state index < -0.39 is 6.04 Å². The smallest absolute Gasteiger partial charge is 0.307 e. The highest BCUT2D eigenvalue weighted by atomic mass is 16.6. The molecule has 0 radical (unpaired) electrons. The number of carbonyl (C=O) groups is 1. The average molecular weight is 237 g/mol. The Labute approximate surface area is 99.5 Å². The van der Waals surface area contributed by atoms with Gasteiger partial charge >= 0.3 is 5.97 Å². The van der Waals surface area contributed by atoms with E-state index in [0.29, 0.717) is 24.7 Å². The minimum absolute atomic E-state index is 0.149. The van der Waals surface area contributed by atoms with E-state index in [1.165, 1.54) is 7.11 Å². The zero-order chi connectivity index (χ0) is 12.3. The summed E-state index contributed by atoms with van der Waals surface area (Å²) in [7, 11) is 1.35. The van der Waals surface area contributed by atoms with E-state index >= 15 is 0 Å². The van der Waals surface area contributed by atoms with Crippen molar-refractivity contribution in [1.29, 1.82) is 0 Å². The zero-order valence-electron chi connectivity index (χ0n) is 9.64. The van der Waals surface area contributed by atoms with E-state index in [9.17, 15) is 4.79 Å². The number of nitrogens with two attached hydrogens (primary N) is 1. The van der Waals surface area contributed by atoms with Crippen LogP contribution < -0.4 is 15.2 Å². The maximum atomic E-state index is 11.1. The molecule has 1 aliphatic heterocycles. The van der Waals surface area contributed by atoms with Crippen molar-refractivity contribution in [3.05, 3.63) is 23.8 Å². The fourth-order valence-electron chi connectivity index (χ4n) is 1.67. The first-order chi connectivity index (χ1) is 8.20. The van der Waals surface area contributed by atoms with Gasteiger partial charge in [-0.3, -0.25) is 4.79 Å². The molecule has 0 spiro atoms. The van der Waals surface area contributed by atoms with E-state index in [4.69, 9.17) is 15.2 Å². The molecule has 0 aliphatic carbocycles. The first-order valence-corrected chi connectivity index (χ1v) is 5.42. The standard InChI is InChI=1S/C12H15NO4/c1-15-12(14)7-9(13)8-2-3-10-11(6-8)17-5-4-16-10/h2-3,6,9H,4-5,7,13H2,1H3. The van der Waals surface area contributed by atoms with Gasteiger partial charge < -0.3 is 19.9 Å². The summed E-state index contributed by atoms with van der Waals surface area (Å²) in [5.74, 6) is 1.06. The van der Waals surface area contributed by atoms with Crippen LogP contribution in [0.25, 0.3) is 0 Å². The highest BCUT2D eigenvalue weighted by molar-refractivity contribution is 5.70. The molecule has 0 amide bonds. The van der Waals surface area contributed by atoms with Crippen molar-refractivity contribution in [1.82, 2.24) is 0 Å². The van der Waals surface area contributed by atoms with Crippen molar-refractivity contribution in [3.8, 4) is 11.5 Å². The lowest BCUT2D eigenvalue weighted by Crippen LogP contribution is -2.18. The van der Waals surface area contributed by atoms with Gasteiger partial charge in [0.15, 0.2) is 11.5 Å². The van der Waals surface area contributed by atoms with Crippen LogP contribution in [0.5, 0.6) is 11.5 Å². The minimum atomic E-state index is -0.390. The number of esters is 1. The van der Waals surface area contributed by atoms with Crippen molar-refractivity contribution in [2.45, 2.75) is 12.5 Å². The number of carbonyl (C=O) groups excluding carboxylic acids is 1. The van der Waals surface area contributed by atoms with Gasteiger partial charge in [-0.15, -0.1) is 0 Å². The Hall–Kier alpha value is -1.75. The molecule has 5 heteroatoms. The number of rotatable bonds is 3. The highest BCUT2D eigenvalue weighted by Crippen LogP contribution is 2.32. The van der Waals surface area contributed by atoms with E-state index in [-0.39, 0.29) is 12.4 Å². The molecule has 0 bridgehead atoms. The Morgan fingerprint density at radius 2 is 2.12 bits per heavy atom. The van der Waals surface area contributed by atoms with Crippen molar-refractivity contribution in [2.75, 3.05) is 20.3 Å². The highest BCUT2D eigenvalue weighted by Gasteiger charge is 2.16. The first-order valence-electron chi connectivity index (χ1n) is 5.42. The van der Waals surface area contributed by atoms with Gasteiger partial charge in [0.05, 0.1) is 13.5 Å². The second kappa shape index (κ2) is 5.05. The molecule has 0 saturated heterocycles. The fourth-order valence-corrected chi connectivity index (χ4v) is 1.67. The third-order valence-corrected chi connectivity index (χ3v) is 2.61. The third kappa shape index (κ3) is 2.68. The van der Waals surface area contributed by atoms with Crippen LogP contribution in [-0.2, 0) is 9.53 Å². The summed E-state index contributed by atoms with van der Waals surface area (Å²) in [4.78, 5) is 11.1. The van der Waals surface area contributed by atoms with Crippen LogP contribution in [0, 0.1) is 0 Å². The van der Waals surface area contributed by atoms with E-state index in [0.717, 1.165) is 5.56 Å². The molecular weight excluding hydrogens is 222 g/mol. The van der Waals surface area contributed by atoms with Crippen LogP contribution in [0.2, 0.25) is 0 Å². The molecule has 1 aromatic rings. The van der Waals surface area contributed by atoms with Gasteiger partial charge in [-0.2, -0.15) is 0 Å². The molecule has 5 nitrogen and oxygen atoms in total. The van der Waals surface area contributed by atoms with E-state index in [1.54, 1.807) is 6.07 Å². The van der Waals surface area contributed by atoms with E-state index in [1.807, 2.05) is 12.1 Å². The third-order valence-electron chi connectivity index (χ3n) is 2.61. The molecule has 2 rings (SSSR count). The van der Waals surface area contributed by atoms with Crippen LogP contribution in [-0.4, -0.2) is 26.3 Å². The molecule has 2 N–H and O–H groups in total. The number of methoxy groups -OCH3 is 1. The van der Waals surface area contributed by atoms with Gasteiger partial charge in [-0.05, 0) is 17.7 Å². The Morgan fingerprint density at radius 1 is 1.41 bits per heavy atom. The van der Waals surface area contributed by atoms with Crippen LogP contribution in [0.3, 0.4) is 0 Å². The predicted octanol–water partition coefficient (Wildman–Crippen LogP) is 1.02. The minimum Gasteiger partial charge on any atom is -0.486 e. The van der Waals surface area contributed by atoms with Gasteiger partial charge in [0.25, 0.3) is 0 Å². The predicted molar refractivity (Wildman–Crippen MR) is 61.0 cm³/mol. The summed E-state index contributed by atoms with van der Waals surface area (Å²) in [6.45, 7) is 1.09. The summed E-state index contributed by atoms with van der Waals surface area (Å²) >= 11 is 0. The normalized spacial score (nSPS) is 15.2. The summed E-state index contributed by atoms with van der Waals surface area (Å²) < 4.78 is 15.4. The maximum absolute atomic E-state index is 11.1. The lowest BCUT2D eigenvalue weighted by molar-refractivity contribution is -0.141. The Kier molecular flexibility index (Phi) is 3.49. The molecule has 0 fully saturated rings. The number of hydrogen-bond donors (Lipinski definition) is 1. The molecule has 1 unspecified atom stereocenters. The van der Waals surface area contributed by atoms with Gasteiger partial charge in [0, 0.05) is 6.04 Å². The van der Waals surface area contributed by atoms with E-state index in [2.05, 4.69) is 4.74 Å². The first kappa shape index (κ1) is 11.7. The van der Waals surface area contributed by atoms with Crippen molar-refractivity contribution in [2.24, 2.45) is 5.73 Å². The summed E-state index contributed by atoms with van der Waals surface area (Å²) in [5.41, 5.74) is 6.74. The SMILES string of the molecule is COC(=O)CC(N)c1ccc2c(c1)OCCO2. The zero-order valence-corrected chi connectivity index (χ0v) is 9.64. The van der Waals surface area contributed by atoms with Crippen LogP contribution in [0.15, 0.2) is 18.2 Å². The molecule has 0 aromatic heterocycles. The van der Waals surface area contributed by atoms with Gasteiger partial charge in [0.1, 0.15) is 13.2 Å². The second-order valence-electron chi connectivity index (χ2n) is 3.79. The molecule has 1 aliphatic rings. The topological polar surface area (TPSA) is 70.8 Å². The fraction of sp³-hybridized carbons (Fsp3) is 0.417. The van der Waals surface area contributed by atoms with Gasteiger partial charge in [0.2, 0.25) is 0 Å². The van der Waals surface area contributed by atoms with Gasteiger partial charge in [-0.1, -0.05) is 6.07 Å². The Balaban J connectivity index is 2.13. The van der Waals surface area contributed by atoms with Crippen LogP contribution in [0.1, 0.15) is 18.0 Å². The molecular formula is C12H15NO4. The van der Waals surface area contributed by atoms with Crippen molar-refractivity contribution in [3.63, 3.8) is 0 Å². The van der Waals surface area contributed by atoms with Crippen molar-refractivity contribution >= 4 is 5.97 Å². The number of benzene rings is 1. The Bertz CT molecular complexity index is 419. The largest absolute Gasteiger partial charge is 0.486 e. The maximum Gasteiger partial charge on any atom is 0.307 e. The van der Waals surface area contributed by atoms with Crippen LogP contribution >= 0.6 is 0 Å².